The standard InChI is InChI=1S/C17H23N3O4S/c1-23-13-9-8-11(14(16(21)22)15(13)24-2)10-18-20-17(25)19-12-6-4-3-5-7-12/h8-10,12H,3-7H2,1-2H3,(H,21,22)(H2,19,20,25)/b18-10-. The fourth-order valence-electron chi connectivity index (χ4n) is 2.90. The van der Waals surface area contributed by atoms with Gasteiger partial charge in [-0.3, -0.25) is 5.43 Å². The van der Waals surface area contributed by atoms with Gasteiger partial charge in [-0.15, -0.1) is 0 Å². The highest BCUT2D eigenvalue weighted by atomic mass is 32.1. The van der Waals surface area contributed by atoms with Crippen molar-refractivity contribution >= 4 is 29.5 Å². The van der Waals surface area contributed by atoms with Crippen LogP contribution in [0.1, 0.15) is 48.0 Å². The molecule has 0 amide bonds. The van der Waals surface area contributed by atoms with Crippen molar-refractivity contribution in [1.29, 1.82) is 0 Å². The summed E-state index contributed by atoms with van der Waals surface area (Å²) in [5.41, 5.74) is 3.11. The summed E-state index contributed by atoms with van der Waals surface area (Å²) in [6, 6.07) is 3.61. The van der Waals surface area contributed by atoms with E-state index >= 15 is 0 Å². The Labute approximate surface area is 152 Å². The second-order valence-corrected chi connectivity index (χ2v) is 6.16. The summed E-state index contributed by atoms with van der Waals surface area (Å²) >= 11 is 5.23. The summed E-state index contributed by atoms with van der Waals surface area (Å²) in [5.74, 6) is -0.624. The number of rotatable bonds is 6. The van der Waals surface area contributed by atoms with Gasteiger partial charge in [0.15, 0.2) is 16.6 Å². The molecule has 0 radical (unpaired) electrons. The van der Waals surface area contributed by atoms with Crippen LogP contribution in [-0.2, 0) is 0 Å². The van der Waals surface area contributed by atoms with E-state index < -0.39 is 5.97 Å². The molecule has 1 aliphatic rings. The number of aromatic carboxylic acids is 1. The Morgan fingerprint density at radius 2 is 2.00 bits per heavy atom. The first-order valence-electron chi connectivity index (χ1n) is 8.14. The third kappa shape index (κ3) is 5.06. The van der Waals surface area contributed by atoms with Crippen molar-refractivity contribution in [2.24, 2.45) is 5.10 Å². The highest BCUT2D eigenvalue weighted by molar-refractivity contribution is 7.80. The van der Waals surface area contributed by atoms with E-state index in [1.54, 1.807) is 12.1 Å². The molecular weight excluding hydrogens is 342 g/mol. The summed E-state index contributed by atoms with van der Waals surface area (Å²) in [4.78, 5) is 11.6. The van der Waals surface area contributed by atoms with Crippen LogP contribution in [0.2, 0.25) is 0 Å². The molecule has 1 saturated carbocycles. The fourth-order valence-corrected chi connectivity index (χ4v) is 3.11. The molecule has 0 unspecified atom stereocenters. The first kappa shape index (κ1) is 19.0. The number of hydrogen-bond acceptors (Lipinski definition) is 5. The molecule has 25 heavy (non-hydrogen) atoms. The van der Waals surface area contributed by atoms with Gasteiger partial charge >= 0.3 is 5.97 Å². The van der Waals surface area contributed by atoms with Gasteiger partial charge in [0.2, 0.25) is 0 Å². The number of nitrogens with one attached hydrogen (secondary N) is 2. The van der Waals surface area contributed by atoms with E-state index in [0.29, 0.717) is 22.5 Å². The maximum Gasteiger partial charge on any atom is 0.340 e. The predicted molar refractivity (Wildman–Crippen MR) is 99.8 cm³/mol. The van der Waals surface area contributed by atoms with Gasteiger partial charge in [-0.05, 0) is 37.2 Å². The minimum absolute atomic E-state index is 0.0152. The lowest BCUT2D eigenvalue weighted by Crippen LogP contribution is -2.40. The minimum atomic E-state index is -1.12. The number of hydrogen-bond donors (Lipinski definition) is 3. The zero-order valence-corrected chi connectivity index (χ0v) is 15.2. The van der Waals surface area contributed by atoms with Crippen LogP contribution in [0.3, 0.4) is 0 Å². The monoisotopic (exact) mass is 365 g/mol. The summed E-state index contributed by atoms with van der Waals surface area (Å²) in [5, 5.41) is 17.2. The molecule has 136 valence electrons. The van der Waals surface area contributed by atoms with Crippen LogP contribution in [-0.4, -0.2) is 42.7 Å². The van der Waals surface area contributed by atoms with Crippen LogP contribution in [0.15, 0.2) is 17.2 Å². The summed E-state index contributed by atoms with van der Waals surface area (Å²) in [6.07, 6.45) is 7.29. The smallest absolute Gasteiger partial charge is 0.340 e. The molecule has 1 aromatic rings. The molecule has 1 fully saturated rings. The Balaban J connectivity index is 2.06. The molecule has 0 aromatic heterocycles. The zero-order valence-electron chi connectivity index (χ0n) is 14.4. The Morgan fingerprint density at radius 3 is 2.60 bits per heavy atom. The van der Waals surface area contributed by atoms with Crippen LogP contribution in [0.5, 0.6) is 11.5 Å². The number of thiocarbonyl (C=S) groups is 1. The number of benzene rings is 1. The van der Waals surface area contributed by atoms with Crippen LogP contribution >= 0.6 is 12.2 Å². The number of carboxylic acid groups (broad SMARTS) is 1. The molecule has 1 aliphatic carbocycles. The van der Waals surface area contributed by atoms with Crippen molar-refractivity contribution in [1.82, 2.24) is 10.7 Å². The molecule has 0 saturated heterocycles. The van der Waals surface area contributed by atoms with E-state index in [9.17, 15) is 9.90 Å². The van der Waals surface area contributed by atoms with Crippen molar-refractivity contribution in [2.75, 3.05) is 14.2 Å². The first-order valence-corrected chi connectivity index (χ1v) is 8.55. The van der Waals surface area contributed by atoms with Gasteiger partial charge in [0.05, 0.1) is 20.4 Å². The number of ether oxygens (including phenoxy) is 2. The van der Waals surface area contributed by atoms with Crippen molar-refractivity contribution in [2.45, 2.75) is 38.1 Å². The minimum Gasteiger partial charge on any atom is -0.493 e. The van der Waals surface area contributed by atoms with E-state index in [4.69, 9.17) is 21.7 Å². The normalized spacial score (nSPS) is 15.0. The summed E-state index contributed by atoms with van der Waals surface area (Å²) < 4.78 is 10.3. The number of nitrogens with zero attached hydrogens (tertiary/aromatic N) is 1. The predicted octanol–water partition coefficient (Wildman–Crippen LogP) is 2.53. The van der Waals surface area contributed by atoms with E-state index in [1.165, 1.54) is 39.7 Å². The highest BCUT2D eigenvalue weighted by Crippen LogP contribution is 2.32. The third-order valence-electron chi connectivity index (χ3n) is 4.10. The maximum atomic E-state index is 11.6. The number of carbonyl (C=O) groups is 1. The lowest BCUT2D eigenvalue weighted by atomic mass is 9.96. The second kappa shape index (κ2) is 9.22. The van der Waals surface area contributed by atoms with Crippen molar-refractivity contribution in [3.63, 3.8) is 0 Å². The summed E-state index contributed by atoms with van der Waals surface area (Å²) in [7, 11) is 2.85. The molecular formula is C17H23N3O4S. The molecule has 0 atom stereocenters. The van der Waals surface area contributed by atoms with Crippen molar-refractivity contribution in [3.8, 4) is 11.5 Å². The Bertz CT molecular complexity index is 658. The van der Waals surface area contributed by atoms with E-state index in [1.807, 2.05) is 0 Å². The van der Waals surface area contributed by atoms with Crippen LogP contribution < -0.4 is 20.2 Å². The Morgan fingerprint density at radius 1 is 1.28 bits per heavy atom. The van der Waals surface area contributed by atoms with E-state index in [0.717, 1.165) is 12.8 Å². The highest BCUT2D eigenvalue weighted by Gasteiger charge is 2.20. The van der Waals surface area contributed by atoms with E-state index in [-0.39, 0.29) is 11.3 Å². The lowest BCUT2D eigenvalue weighted by molar-refractivity contribution is 0.0692. The van der Waals surface area contributed by atoms with Gasteiger partial charge in [0.1, 0.15) is 5.56 Å². The fraction of sp³-hybridized carbons (Fsp3) is 0.471. The second-order valence-electron chi connectivity index (χ2n) is 5.75. The van der Waals surface area contributed by atoms with Gasteiger partial charge in [-0.2, -0.15) is 5.10 Å². The molecule has 2 rings (SSSR count). The number of carboxylic acids is 1. The average molecular weight is 365 g/mol. The molecule has 8 heteroatoms. The topological polar surface area (TPSA) is 92.2 Å². The van der Waals surface area contributed by atoms with Crippen molar-refractivity contribution in [3.05, 3.63) is 23.3 Å². The molecule has 0 heterocycles. The van der Waals surface area contributed by atoms with Gasteiger partial charge in [-0.25, -0.2) is 4.79 Å². The molecule has 0 aliphatic heterocycles. The van der Waals surface area contributed by atoms with E-state index in [2.05, 4.69) is 15.8 Å². The molecule has 1 aromatic carbocycles. The summed E-state index contributed by atoms with van der Waals surface area (Å²) in [6.45, 7) is 0. The van der Waals surface area contributed by atoms with Crippen LogP contribution in [0, 0.1) is 0 Å². The Hall–Kier alpha value is -2.35. The SMILES string of the molecule is COc1ccc(/C=N\NC(=S)NC2CCCCC2)c(C(=O)O)c1OC. The van der Waals surface area contributed by atoms with Crippen LogP contribution in [0.25, 0.3) is 0 Å². The molecule has 7 nitrogen and oxygen atoms in total. The lowest BCUT2D eigenvalue weighted by Gasteiger charge is -2.23. The number of methoxy groups -OCH3 is 2. The average Bonchev–Trinajstić information content (AvgIpc) is 2.61. The quantitative estimate of drug-likeness (QED) is 0.405. The maximum absolute atomic E-state index is 11.6. The van der Waals surface area contributed by atoms with Crippen molar-refractivity contribution < 1.29 is 19.4 Å². The Kier molecular flexibility index (Phi) is 7.00. The largest absolute Gasteiger partial charge is 0.493 e. The number of hydrazone groups is 1. The van der Waals surface area contributed by atoms with Gasteiger partial charge in [0, 0.05) is 11.6 Å². The van der Waals surface area contributed by atoms with Crippen LogP contribution in [0.4, 0.5) is 0 Å². The van der Waals surface area contributed by atoms with Gasteiger partial charge < -0.3 is 19.9 Å². The molecule has 3 N–H and O–H groups in total. The molecule has 0 bridgehead atoms. The third-order valence-corrected chi connectivity index (χ3v) is 4.31. The van der Waals surface area contributed by atoms with Gasteiger partial charge in [0.25, 0.3) is 0 Å². The van der Waals surface area contributed by atoms with Gasteiger partial charge in [-0.1, -0.05) is 19.3 Å². The zero-order chi connectivity index (χ0) is 18.2. The molecule has 0 spiro atoms. The first-order chi connectivity index (χ1) is 12.1.